The lowest BCUT2D eigenvalue weighted by molar-refractivity contribution is -0.121. The zero-order valence-electron chi connectivity index (χ0n) is 11.6. The van der Waals surface area contributed by atoms with Crippen LogP contribution in [0.15, 0.2) is 0 Å². The van der Waals surface area contributed by atoms with Gasteiger partial charge in [0, 0.05) is 12.5 Å². The summed E-state index contributed by atoms with van der Waals surface area (Å²) in [6.07, 6.45) is 8.20. The maximum atomic E-state index is 12.2. The molecular formula is C15H27NO. The molecule has 1 aliphatic heterocycles. The summed E-state index contributed by atoms with van der Waals surface area (Å²) in [4.78, 5) is 12.2. The molecule has 0 spiro atoms. The first kappa shape index (κ1) is 13.1. The summed E-state index contributed by atoms with van der Waals surface area (Å²) in [7, 11) is 0. The Balaban J connectivity index is 1.81. The first-order valence-electron chi connectivity index (χ1n) is 7.24. The number of hydrogen-bond acceptors (Lipinski definition) is 2. The van der Waals surface area contributed by atoms with Crippen LogP contribution < -0.4 is 5.32 Å². The van der Waals surface area contributed by atoms with Crippen molar-refractivity contribution in [1.29, 1.82) is 0 Å². The fourth-order valence-corrected chi connectivity index (χ4v) is 3.24. The van der Waals surface area contributed by atoms with Crippen LogP contribution in [0.25, 0.3) is 0 Å². The molecule has 1 saturated heterocycles. The SMILES string of the molecule is CC(C)(C)CCC(=O)C1CC2CCCCC2N1. The van der Waals surface area contributed by atoms with Crippen molar-refractivity contribution in [3.63, 3.8) is 0 Å². The first-order valence-corrected chi connectivity index (χ1v) is 7.24. The molecule has 2 aliphatic rings. The van der Waals surface area contributed by atoms with Crippen molar-refractivity contribution in [1.82, 2.24) is 5.32 Å². The van der Waals surface area contributed by atoms with Gasteiger partial charge in [-0.3, -0.25) is 4.79 Å². The lowest BCUT2D eigenvalue weighted by Crippen LogP contribution is -2.37. The Labute approximate surface area is 106 Å². The Morgan fingerprint density at radius 1 is 1.24 bits per heavy atom. The van der Waals surface area contributed by atoms with Gasteiger partial charge < -0.3 is 5.32 Å². The van der Waals surface area contributed by atoms with Gasteiger partial charge in [-0.1, -0.05) is 33.6 Å². The molecule has 98 valence electrons. The zero-order valence-corrected chi connectivity index (χ0v) is 11.6. The van der Waals surface area contributed by atoms with Crippen molar-refractivity contribution in [2.75, 3.05) is 0 Å². The molecule has 3 unspecified atom stereocenters. The Hall–Kier alpha value is -0.370. The molecule has 0 amide bonds. The molecule has 2 heteroatoms. The molecule has 2 rings (SSSR count). The van der Waals surface area contributed by atoms with Crippen molar-refractivity contribution < 1.29 is 4.79 Å². The van der Waals surface area contributed by atoms with Crippen LogP contribution in [0.3, 0.4) is 0 Å². The molecule has 1 N–H and O–H groups in total. The van der Waals surface area contributed by atoms with Gasteiger partial charge in [0.1, 0.15) is 5.78 Å². The largest absolute Gasteiger partial charge is 0.304 e. The number of nitrogens with one attached hydrogen (secondary N) is 1. The third-order valence-electron chi connectivity index (χ3n) is 4.37. The molecule has 17 heavy (non-hydrogen) atoms. The Morgan fingerprint density at radius 3 is 2.59 bits per heavy atom. The predicted molar refractivity (Wildman–Crippen MR) is 71.0 cm³/mol. The highest BCUT2D eigenvalue weighted by Gasteiger charge is 2.37. The second-order valence-electron chi connectivity index (χ2n) is 7.13. The van der Waals surface area contributed by atoms with Gasteiger partial charge in [-0.2, -0.15) is 0 Å². The molecule has 0 aromatic heterocycles. The van der Waals surface area contributed by atoms with Crippen LogP contribution in [0.1, 0.15) is 65.7 Å². The first-order chi connectivity index (χ1) is 7.96. The number of carbonyl (C=O) groups is 1. The van der Waals surface area contributed by atoms with Crippen LogP contribution >= 0.6 is 0 Å². The van der Waals surface area contributed by atoms with Crippen LogP contribution in [0, 0.1) is 11.3 Å². The van der Waals surface area contributed by atoms with E-state index >= 15 is 0 Å². The predicted octanol–water partition coefficient (Wildman–Crippen LogP) is 3.30. The molecule has 0 radical (unpaired) electrons. The van der Waals surface area contributed by atoms with E-state index in [1.54, 1.807) is 0 Å². The minimum atomic E-state index is 0.172. The summed E-state index contributed by atoms with van der Waals surface area (Å²) < 4.78 is 0. The number of Topliss-reactive ketones (excluding diaryl/α,β-unsaturated/α-hetero) is 1. The van der Waals surface area contributed by atoms with Crippen molar-refractivity contribution in [2.45, 2.75) is 77.8 Å². The lowest BCUT2D eigenvalue weighted by atomic mass is 9.84. The highest BCUT2D eigenvalue weighted by atomic mass is 16.1. The molecule has 1 saturated carbocycles. The maximum Gasteiger partial charge on any atom is 0.149 e. The van der Waals surface area contributed by atoms with Gasteiger partial charge in [0.25, 0.3) is 0 Å². The van der Waals surface area contributed by atoms with Gasteiger partial charge in [0.15, 0.2) is 0 Å². The van der Waals surface area contributed by atoms with Gasteiger partial charge >= 0.3 is 0 Å². The van der Waals surface area contributed by atoms with E-state index in [1.165, 1.54) is 25.7 Å². The monoisotopic (exact) mass is 237 g/mol. The van der Waals surface area contributed by atoms with E-state index in [2.05, 4.69) is 26.1 Å². The Kier molecular flexibility index (Phi) is 3.92. The van der Waals surface area contributed by atoms with E-state index in [1.807, 2.05) is 0 Å². The summed E-state index contributed by atoms with van der Waals surface area (Å²) in [5.74, 6) is 1.24. The van der Waals surface area contributed by atoms with Crippen molar-refractivity contribution in [3.05, 3.63) is 0 Å². The normalized spacial score (nSPS) is 33.5. The van der Waals surface area contributed by atoms with Gasteiger partial charge in [-0.25, -0.2) is 0 Å². The van der Waals surface area contributed by atoms with Crippen molar-refractivity contribution in [3.8, 4) is 0 Å². The molecule has 2 fully saturated rings. The van der Waals surface area contributed by atoms with Crippen LogP contribution in [-0.2, 0) is 4.79 Å². The van der Waals surface area contributed by atoms with Crippen molar-refractivity contribution >= 4 is 5.78 Å². The quantitative estimate of drug-likeness (QED) is 0.816. The summed E-state index contributed by atoms with van der Waals surface area (Å²) >= 11 is 0. The molecule has 2 nitrogen and oxygen atoms in total. The van der Waals surface area contributed by atoms with Crippen LogP contribution in [0.5, 0.6) is 0 Å². The number of hydrogen-bond donors (Lipinski definition) is 1. The third kappa shape index (κ3) is 3.54. The fraction of sp³-hybridized carbons (Fsp3) is 0.933. The Morgan fingerprint density at radius 2 is 1.94 bits per heavy atom. The van der Waals surface area contributed by atoms with E-state index < -0.39 is 0 Å². The average molecular weight is 237 g/mol. The number of fused-ring (bicyclic) bond motifs is 1. The van der Waals surface area contributed by atoms with E-state index in [0.717, 1.165) is 25.2 Å². The van der Waals surface area contributed by atoms with Gasteiger partial charge in [-0.15, -0.1) is 0 Å². The summed E-state index contributed by atoms with van der Waals surface area (Å²) in [6, 6.07) is 0.817. The van der Waals surface area contributed by atoms with Crippen molar-refractivity contribution in [2.24, 2.45) is 11.3 Å². The van der Waals surface area contributed by atoms with E-state index in [-0.39, 0.29) is 11.5 Å². The zero-order chi connectivity index (χ0) is 12.5. The smallest absolute Gasteiger partial charge is 0.149 e. The molecule has 1 aliphatic carbocycles. The number of rotatable bonds is 3. The van der Waals surface area contributed by atoms with Gasteiger partial charge in [0.2, 0.25) is 0 Å². The standard InChI is InChI=1S/C15H27NO/c1-15(2,3)9-8-14(17)13-10-11-6-4-5-7-12(11)16-13/h11-13,16H,4-10H2,1-3H3. The third-order valence-corrected chi connectivity index (χ3v) is 4.37. The van der Waals surface area contributed by atoms with E-state index in [9.17, 15) is 4.79 Å². The summed E-state index contributed by atoms with van der Waals surface area (Å²) in [5.41, 5.74) is 0.279. The second kappa shape index (κ2) is 5.09. The van der Waals surface area contributed by atoms with Crippen LogP contribution in [-0.4, -0.2) is 17.9 Å². The van der Waals surface area contributed by atoms with Crippen LogP contribution in [0.2, 0.25) is 0 Å². The van der Waals surface area contributed by atoms with Crippen LogP contribution in [0.4, 0.5) is 0 Å². The van der Waals surface area contributed by atoms with Gasteiger partial charge in [-0.05, 0) is 37.0 Å². The number of ketones is 1. The highest BCUT2D eigenvalue weighted by molar-refractivity contribution is 5.84. The Bertz CT molecular complexity index is 265. The molecule has 3 atom stereocenters. The maximum absolute atomic E-state index is 12.2. The minimum absolute atomic E-state index is 0.172. The molecule has 0 bridgehead atoms. The second-order valence-corrected chi connectivity index (χ2v) is 7.13. The van der Waals surface area contributed by atoms with E-state index in [0.29, 0.717) is 11.8 Å². The molecule has 0 aromatic rings. The minimum Gasteiger partial charge on any atom is -0.304 e. The molecule has 1 heterocycles. The number of carbonyl (C=O) groups excluding carboxylic acids is 1. The molecular weight excluding hydrogens is 210 g/mol. The van der Waals surface area contributed by atoms with Gasteiger partial charge in [0.05, 0.1) is 6.04 Å². The van der Waals surface area contributed by atoms with E-state index in [4.69, 9.17) is 0 Å². The summed E-state index contributed by atoms with van der Waals surface area (Å²) in [5, 5.41) is 3.58. The fourth-order valence-electron chi connectivity index (χ4n) is 3.24. The average Bonchev–Trinajstić information content (AvgIpc) is 2.68. The highest BCUT2D eigenvalue weighted by Crippen LogP contribution is 2.34. The summed E-state index contributed by atoms with van der Waals surface area (Å²) in [6.45, 7) is 6.63. The lowest BCUT2D eigenvalue weighted by Gasteiger charge is -2.24. The topological polar surface area (TPSA) is 29.1 Å². The molecule has 0 aromatic carbocycles.